The Morgan fingerprint density at radius 1 is 0.964 bits per heavy atom. The fourth-order valence-electron chi connectivity index (χ4n) is 2.49. The SMILES string of the molecule is CC(=O)O[C@H]1[C@@H](OC(C)=O)[C@@H](CO)O[C@@H](OCCSS(C)(=O)=O)[C@@H]1OC(C)=O. The fourth-order valence-corrected chi connectivity index (χ4v) is 4.07. The van der Waals surface area contributed by atoms with Crippen molar-refractivity contribution in [2.45, 2.75) is 51.5 Å². The van der Waals surface area contributed by atoms with Gasteiger partial charge in [-0.3, -0.25) is 14.4 Å². The Morgan fingerprint density at radius 3 is 1.93 bits per heavy atom. The van der Waals surface area contributed by atoms with Crippen LogP contribution in [0.25, 0.3) is 0 Å². The van der Waals surface area contributed by atoms with Gasteiger partial charge in [0.15, 0.2) is 33.5 Å². The van der Waals surface area contributed by atoms with Gasteiger partial charge in [-0.05, 0) is 10.8 Å². The number of carbonyl (C=O) groups excluding carboxylic acids is 3. The number of rotatable bonds is 9. The number of ether oxygens (including phenoxy) is 5. The molecule has 13 heteroatoms. The molecule has 0 aliphatic carbocycles. The fraction of sp³-hybridized carbons (Fsp3) is 0.800. The molecule has 0 aromatic carbocycles. The second-order valence-electron chi connectivity index (χ2n) is 5.84. The number of hydrogen-bond donors (Lipinski definition) is 1. The predicted molar refractivity (Wildman–Crippen MR) is 95.7 cm³/mol. The summed E-state index contributed by atoms with van der Waals surface area (Å²) in [6.07, 6.45) is -5.25. The molecule has 28 heavy (non-hydrogen) atoms. The van der Waals surface area contributed by atoms with Gasteiger partial charge < -0.3 is 28.8 Å². The predicted octanol–water partition coefficient (Wildman–Crippen LogP) is -0.792. The van der Waals surface area contributed by atoms with Crippen LogP contribution < -0.4 is 0 Å². The van der Waals surface area contributed by atoms with Crippen LogP contribution in [0.4, 0.5) is 0 Å². The summed E-state index contributed by atoms with van der Waals surface area (Å²) in [7, 11) is -2.64. The molecule has 11 nitrogen and oxygen atoms in total. The van der Waals surface area contributed by atoms with Gasteiger partial charge in [0.2, 0.25) is 0 Å². The minimum absolute atomic E-state index is 0.0564. The lowest BCUT2D eigenvalue weighted by Gasteiger charge is -2.43. The highest BCUT2D eigenvalue weighted by Gasteiger charge is 2.52. The molecule has 1 N–H and O–H groups in total. The highest BCUT2D eigenvalue weighted by molar-refractivity contribution is 8.71. The van der Waals surface area contributed by atoms with E-state index < -0.39 is 64.1 Å². The molecule has 1 heterocycles. The molecular formula is C15H24O11S2. The maximum atomic E-state index is 11.5. The summed E-state index contributed by atoms with van der Waals surface area (Å²) >= 11 is 0. The van der Waals surface area contributed by atoms with E-state index in [1.54, 1.807) is 0 Å². The standard InChI is InChI=1S/C15H24O11S2/c1-8(17)23-12-11(7-16)26-15(22-5-6-27-28(4,20)21)14(25-10(3)19)13(12)24-9(2)18/h11-16H,5-7H2,1-4H3/t11-,12+,13+,14-,15-/m1/s1. The number of aliphatic hydroxyl groups excluding tert-OH is 1. The maximum Gasteiger partial charge on any atom is 0.303 e. The Balaban J connectivity index is 3.06. The van der Waals surface area contributed by atoms with Crippen molar-refractivity contribution in [1.29, 1.82) is 0 Å². The normalized spacial score (nSPS) is 27.7. The quantitative estimate of drug-likeness (QED) is 0.205. The highest BCUT2D eigenvalue weighted by atomic mass is 33.1. The highest BCUT2D eigenvalue weighted by Crippen LogP contribution is 2.29. The Hall–Kier alpha value is -1.41. The van der Waals surface area contributed by atoms with Gasteiger partial charge >= 0.3 is 17.9 Å². The van der Waals surface area contributed by atoms with Gasteiger partial charge in [-0.2, -0.15) is 0 Å². The largest absolute Gasteiger partial charge is 0.456 e. The van der Waals surface area contributed by atoms with E-state index >= 15 is 0 Å². The van der Waals surface area contributed by atoms with Crippen LogP contribution in [0, 0.1) is 0 Å². The summed E-state index contributed by atoms with van der Waals surface area (Å²) in [6, 6.07) is 0. The summed E-state index contributed by atoms with van der Waals surface area (Å²) < 4.78 is 48.8. The van der Waals surface area contributed by atoms with Crippen molar-refractivity contribution < 1.29 is 51.6 Å². The first-order chi connectivity index (χ1) is 12.9. The molecule has 0 bridgehead atoms. The molecule has 1 aliphatic heterocycles. The lowest BCUT2D eigenvalue weighted by molar-refractivity contribution is -0.306. The smallest absolute Gasteiger partial charge is 0.303 e. The molecule has 1 saturated heterocycles. The summed E-state index contributed by atoms with van der Waals surface area (Å²) in [5, 5.41) is 9.59. The molecular weight excluding hydrogens is 420 g/mol. The van der Waals surface area contributed by atoms with E-state index in [0.29, 0.717) is 10.8 Å². The number of carbonyl (C=O) groups is 3. The Morgan fingerprint density at radius 2 is 1.46 bits per heavy atom. The first-order valence-corrected chi connectivity index (χ1v) is 11.6. The number of hydrogen-bond acceptors (Lipinski definition) is 12. The van der Waals surface area contributed by atoms with Crippen LogP contribution in [-0.2, 0) is 46.9 Å². The van der Waals surface area contributed by atoms with Crippen LogP contribution in [0.3, 0.4) is 0 Å². The van der Waals surface area contributed by atoms with Crippen molar-refractivity contribution in [3.8, 4) is 0 Å². The van der Waals surface area contributed by atoms with Crippen LogP contribution in [0.15, 0.2) is 0 Å². The molecule has 0 aromatic rings. The molecule has 0 radical (unpaired) electrons. The van der Waals surface area contributed by atoms with Gasteiger partial charge in [0.25, 0.3) is 0 Å². The van der Waals surface area contributed by atoms with Crippen molar-refractivity contribution >= 4 is 37.6 Å². The molecule has 0 saturated carbocycles. The molecule has 0 spiro atoms. The molecule has 162 valence electrons. The van der Waals surface area contributed by atoms with Crippen molar-refractivity contribution in [3.05, 3.63) is 0 Å². The second kappa shape index (κ2) is 11.0. The van der Waals surface area contributed by atoms with Crippen LogP contribution in [0.5, 0.6) is 0 Å². The van der Waals surface area contributed by atoms with E-state index in [-0.39, 0.29) is 12.4 Å². The molecule has 1 fully saturated rings. The summed E-state index contributed by atoms with van der Waals surface area (Å²) in [4.78, 5) is 34.5. The zero-order valence-corrected chi connectivity index (χ0v) is 17.5. The third kappa shape index (κ3) is 8.31. The van der Waals surface area contributed by atoms with Crippen molar-refractivity contribution in [3.63, 3.8) is 0 Å². The van der Waals surface area contributed by atoms with Gasteiger partial charge in [0.05, 0.1) is 13.2 Å². The zero-order valence-electron chi connectivity index (χ0n) is 15.9. The van der Waals surface area contributed by atoms with E-state index in [1.807, 2.05) is 0 Å². The van der Waals surface area contributed by atoms with E-state index in [1.165, 1.54) is 0 Å². The van der Waals surface area contributed by atoms with Gasteiger partial charge in [-0.15, -0.1) is 0 Å². The molecule has 0 amide bonds. The first kappa shape index (κ1) is 24.6. The minimum Gasteiger partial charge on any atom is -0.456 e. The van der Waals surface area contributed by atoms with Crippen LogP contribution in [0.2, 0.25) is 0 Å². The van der Waals surface area contributed by atoms with E-state index in [9.17, 15) is 27.9 Å². The summed E-state index contributed by atoms with van der Waals surface area (Å²) in [5.74, 6) is -2.16. The van der Waals surface area contributed by atoms with E-state index in [0.717, 1.165) is 27.0 Å². The lowest BCUT2D eigenvalue weighted by atomic mass is 9.98. The van der Waals surface area contributed by atoms with E-state index in [2.05, 4.69) is 0 Å². The third-order valence-electron chi connectivity index (χ3n) is 3.34. The maximum absolute atomic E-state index is 11.5. The first-order valence-electron chi connectivity index (χ1n) is 8.18. The van der Waals surface area contributed by atoms with Crippen LogP contribution in [0.1, 0.15) is 20.8 Å². The molecule has 0 aromatic heterocycles. The monoisotopic (exact) mass is 444 g/mol. The lowest BCUT2D eigenvalue weighted by Crippen LogP contribution is -2.62. The molecule has 1 rings (SSSR count). The van der Waals surface area contributed by atoms with Gasteiger partial charge in [0, 0.05) is 32.8 Å². The van der Waals surface area contributed by atoms with Gasteiger partial charge in [0.1, 0.15) is 6.10 Å². The third-order valence-corrected chi connectivity index (χ3v) is 5.89. The minimum atomic E-state index is -3.28. The Kier molecular flexibility index (Phi) is 9.63. The van der Waals surface area contributed by atoms with Gasteiger partial charge in [-0.25, -0.2) is 8.42 Å². The summed E-state index contributed by atoms with van der Waals surface area (Å²) in [6.45, 7) is 2.62. The Bertz CT molecular complexity index is 663. The van der Waals surface area contributed by atoms with Crippen molar-refractivity contribution in [2.75, 3.05) is 25.2 Å². The average molecular weight is 444 g/mol. The van der Waals surface area contributed by atoms with Crippen molar-refractivity contribution in [1.82, 2.24) is 0 Å². The molecule has 5 atom stereocenters. The molecule has 0 unspecified atom stereocenters. The summed E-state index contributed by atoms with van der Waals surface area (Å²) in [5.41, 5.74) is 0. The number of aliphatic hydroxyl groups is 1. The number of esters is 3. The van der Waals surface area contributed by atoms with E-state index in [4.69, 9.17) is 23.7 Å². The second-order valence-corrected chi connectivity index (χ2v) is 10.4. The Labute approximate surface area is 166 Å². The zero-order chi connectivity index (χ0) is 21.5. The molecule has 1 aliphatic rings. The van der Waals surface area contributed by atoms with Gasteiger partial charge in [-0.1, -0.05) is 0 Å². The van der Waals surface area contributed by atoms with Crippen LogP contribution in [-0.4, -0.2) is 87.4 Å². The van der Waals surface area contributed by atoms with Crippen molar-refractivity contribution in [2.24, 2.45) is 0 Å². The topological polar surface area (TPSA) is 152 Å². The average Bonchev–Trinajstić information content (AvgIpc) is 2.53. The van der Waals surface area contributed by atoms with Crippen LogP contribution >= 0.6 is 10.8 Å².